The molecule has 82 valence electrons. The predicted octanol–water partition coefficient (Wildman–Crippen LogP) is 1.84. The number of hydrogen-bond acceptors (Lipinski definition) is 4. The number of anilines is 1. The van der Waals surface area contributed by atoms with Gasteiger partial charge >= 0.3 is 5.97 Å². The van der Waals surface area contributed by atoms with Gasteiger partial charge in [0.2, 0.25) is 0 Å². The van der Waals surface area contributed by atoms with Crippen molar-refractivity contribution in [3.63, 3.8) is 0 Å². The van der Waals surface area contributed by atoms with Gasteiger partial charge in [0.1, 0.15) is 5.75 Å². The van der Waals surface area contributed by atoms with E-state index in [0.717, 1.165) is 6.42 Å². The third kappa shape index (κ3) is 2.62. The van der Waals surface area contributed by atoms with Crippen LogP contribution in [0.15, 0.2) is 18.2 Å². The minimum atomic E-state index is -0.409. The van der Waals surface area contributed by atoms with Gasteiger partial charge in [-0.05, 0) is 18.6 Å². The molecule has 0 aliphatic carbocycles. The molecule has 0 heterocycles. The zero-order valence-corrected chi connectivity index (χ0v) is 8.95. The quantitative estimate of drug-likeness (QED) is 0.607. The Morgan fingerprint density at radius 1 is 1.47 bits per heavy atom. The lowest BCUT2D eigenvalue weighted by molar-refractivity contribution is 0.0506. The zero-order chi connectivity index (χ0) is 11.3. The van der Waals surface area contributed by atoms with Crippen LogP contribution in [0.1, 0.15) is 23.7 Å². The molecule has 15 heavy (non-hydrogen) atoms. The first-order chi connectivity index (χ1) is 7.20. The molecule has 0 bridgehead atoms. The Kier molecular flexibility index (Phi) is 3.97. The van der Waals surface area contributed by atoms with Gasteiger partial charge in [-0.1, -0.05) is 13.0 Å². The number of ether oxygens (including phenoxy) is 2. The summed E-state index contributed by atoms with van der Waals surface area (Å²) in [5.41, 5.74) is 6.41. The van der Waals surface area contributed by atoms with Gasteiger partial charge in [0.05, 0.1) is 25.0 Å². The fraction of sp³-hybridized carbons (Fsp3) is 0.364. The average Bonchev–Trinajstić information content (AvgIpc) is 2.26. The highest BCUT2D eigenvalue weighted by Crippen LogP contribution is 2.25. The number of esters is 1. The molecule has 0 amide bonds. The van der Waals surface area contributed by atoms with E-state index in [0.29, 0.717) is 23.6 Å². The van der Waals surface area contributed by atoms with E-state index >= 15 is 0 Å². The highest BCUT2D eigenvalue weighted by molar-refractivity contribution is 5.96. The summed E-state index contributed by atoms with van der Waals surface area (Å²) in [5.74, 6) is 0.0780. The molecule has 2 N–H and O–H groups in total. The second-order valence-electron chi connectivity index (χ2n) is 3.06. The summed E-state index contributed by atoms with van der Waals surface area (Å²) in [6.07, 6.45) is 0.787. The number of nitrogen functional groups attached to an aromatic ring is 1. The molecule has 0 spiro atoms. The maximum atomic E-state index is 11.5. The van der Waals surface area contributed by atoms with E-state index in [2.05, 4.69) is 0 Å². The van der Waals surface area contributed by atoms with E-state index < -0.39 is 5.97 Å². The fourth-order valence-electron chi connectivity index (χ4n) is 1.17. The molecule has 1 aromatic carbocycles. The second kappa shape index (κ2) is 5.24. The standard InChI is InChI=1S/C11H15NO3/c1-3-7-15-11(13)8-5-4-6-9(14-2)10(8)12/h4-6H,3,7,12H2,1-2H3. The highest BCUT2D eigenvalue weighted by atomic mass is 16.5. The van der Waals surface area contributed by atoms with E-state index in [1.54, 1.807) is 18.2 Å². The molecule has 0 fully saturated rings. The summed E-state index contributed by atoms with van der Waals surface area (Å²) in [6, 6.07) is 5.03. The Morgan fingerprint density at radius 3 is 2.80 bits per heavy atom. The number of methoxy groups -OCH3 is 1. The molecular weight excluding hydrogens is 194 g/mol. The van der Waals surface area contributed by atoms with Gasteiger partial charge in [-0.2, -0.15) is 0 Å². The summed E-state index contributed by atoms with van der Waals surface area (Å²) >= 11 is 0. The van der Waals surface area contributed by atoms with Crippen molar-refractivity contribution in [1.29, 1.82) is 0 Å². The molecule has 0 atom stereocenters. The van der Waals surface area contributed by atoms with E-state index in [4.69, 9.17) is 15.2 Å². The van der Waals surface area contributed by atoms with Crippen molar-refractivity contribution in [3.8, 4) is 5.75 Å². The molecule has 0 aromatic heterocycles. The lowest BCUT2D eigenvalue weighted by Crippen LogP contribution is -2.09. The van der Waals surface area contributed by atoms with Gasteiger partial charge in [-0.15, -0.1) is 0 Å². The summed E-state index contributed by atoms with van der Waals surface area (Å²) in [5, 5.41) is 0. The molecule has 0 saturated heterocycles. The molecular formula is C11H15NO3. The lowest BCUT2D eigenvalue weighted by Gasteiger charge is -2.09. The second-order valence-corrected chi connectivity index (χ2v) is 3.06. The van der Waals surface area contributed by atoms with Crippen LogP contribution in [0.25, 0.3) is 0 Å². The maximum absolute atomic E-state index is 11.5. The van der Waals surface area contributed by atoms with Gasteiger partial charge in [-0.25, -0.2) is 4.79 Å². The topological polar surface area (TPSA) is 61.5 Å². The van der Waals surface area contributed by atoms with Crippen LogP contribution in [0.4, 0.5) is 5.69 Å². The third-order valence-corrected chi connectivity index (χ3v) is 1.94. The SMILES string of the molecule is CCCOC(=O)c1cccc(OC)c1N. The monoisotopic (exact) mass is 209 g/mol. The van der Waals surface area contributed by atoms with Crippen LogP contribution < -0.4 is 10.5 Å². The van der Waals surface area contributed by atoms with Gasteiger partial charge in [0.15, 0.2) is 0 Å². The Morgan fingerprint density at radius 2 is 2.20 bits per heavy atom. The van der Waals surface area contributed by atoms with Crippen molar-refractivity contribution in [2.24, 2.45) is 0 Å². The number of carbonyl (C=O) groups is 1. The van der Waals surface area contributed by atoms with Crippen molar-refractivity contribution < 1.29 is 14.3 Å². The summed E-state index contributed by atoms with van der Waals surface area (Å²) in [4.78, 5) is 11.5. The van der Waals surface area contributed by atoms with Crippen LogP contribution in [-0.4, -0.2) is 19.7 Å². The van der Waals surface area contributed by atoms with Crippen LogP contribution >= 0.6 is 0 Å². The Labute approximate surface area is 89.0 Å². The average molecular weight is 209 g/mol. The predicted molar refractivity (Wildman–Crippen MR) is 58.0 cm³/mol. The van der Waals surface area contributed by atoms with Gasteiger partial charge in [0.25, 0.3) is 0 Å². The van der Waals surface area contributed by atoms with Gasteiger partial charge < -0.3 is 15.2 Å². The number of benzene rings is 1. The van der Waals surface area contributed by atoms with Crippen LogP contribution in [-0.2, 0) is 4.74 Å². The van der Waals surface area contributed by atoms with Crippen LogP contribution in [0.5, 0.6) is 5.75 Å². The summed E-state index contributed by atoms with van der Waals surface area (Å²) in [7, 11) is 1.51. The molecule has 0 radical (unpaired) electrons. The first kappa shape index (κ1) is 11.4. The van der Waals surface area contributed by atoms with Gasteiger partial charge in [0, 0.05) is 0 Å². The summed E-state index contributed by atoms with van der Waals surface area (Å²) in [6.45, 7) is 2.33. The first-order valence-electron chi connectivity index (χ1n) is 4.80. The molecule has 1 rings (SSSR count). The van der Waals surface area contributed by atoms with Crippen molar-refractivity contribution >= 4 is 11.7 Å². The molecule has 0 aliphatic heterocycles. The van der Waals surface area contributed by atoms with E-state index in [-0.39, 0.29) is 0 Å². The number of rotatable bonds is 4. The summed E-state index contributed by atoms with van der Waals surface area (Å²) < 4.78 is 9.99. The number of nitrogens with two attached hydrogens (primary N) is 1. The van der Waals surface area contributed by atoms with Crippen LogP contribution in [0.2, 0.25) is 0 Å². The van der Waals surface area contributed by atoms with E-state index in [1.807, 2.05) is 6.92 Å². The fourth-order valence-corrected chi connectivity index (χ4v) is 1.17. The van der Waals surface area contributed by atoms with E-state index in [1.165, 1.54) is 7.11 Å². The molecule has 0 saturated carbocycles. The van der Waals surface area contributed by atoms with Crippen molar-refractivity contribution in [2.75, 3.05) is 19.5 Å². The van der Waals surface area contributed by atoms with Gasteiger partial charge in [-0.3, -0.25) is 0 Å². The van der Waals surface area contributed by atoms with Crippen LogP contribution in [0.3, 0.4) is 0 Å². The largest absolute Gasteiger partial charge is 0.495 e. The molecule has 1 aromatic rings. The maximum Gasteiger partial charge on any atom is 0.340 e. The molecule has 0 unspecified atom stereocenters. The first-order valence-corrected chi connectivity index (χ1v) is 4.80. The minimum absolute atomic E-state index is 0.320. The zero-order valence-electron chi connectivity index (χ0n) is 8.95. The lowest BCUT2D eigenvalue weighted by atomic mass is 10.1. The third-order valence-electron chi connectivity index (χ3n) is 1.94. The Hall–Kier alpha value is -1.71. The molecule has 4 nitrogen and oxygen atoms in total. The molecule has 4 heteroatoms. The van der Waals surface area contributed by atoms with E-state index in [9.17, 15) is 4.79 Å². The number of carbonyl (C=O) groups excluding carboxylic acids is 1. The Balaban J connectivity index is 2.89. The van der Waals surface area contributed by atoms with Crippen molar-refractivity contribution in [3.05, 3.63) is 23.8 Å². The number of hydrogen-bond donors (Lipinski definition) is 1. The smallest absolute Gasteiger partial charge is 0.340 e. The van der Waals surface area contributed by atoms with Crippen LogP contribution in [0, 0.1) is 0 Å². The highest BCUT2D eigenvalue weighted by Gasteiger charge is 2.13. The molecule has 0 aliphatic rings. The Bertz CT molecular complexity index is 350. The number of para-hydroxylation sites is 1. The van der Waals surface area contributed by atoms with Crippen molar-refractivity contribution in [2.45, 2.75) is 13.3 Å². The van der Waals surface area contributed by atoms with Crippen molar-refractivity contribution in [1.82, 2.24) is 0 Å². The minimum Gasteiger partial charge on any atom is -0.495 e. The normalized spacial score (nSPS) is 9.73.